The summed E-state index contributed by atoms with van der Waals surface area (Å²) in [7, 11) is -1.22. The Morgan fingerprint density at radius 2 is 2.30 bits per heavy atom. The molecule has 0 radical (unpaired) electrons. The van der Waals surface area contributed by atoms with Gasteiger partial charge in [0.2, 0.25) is 0 Å². The normalized spacial score (nSPS) is 20.7. The highest BCUT2D eigenvalue weighted by atomic mass is 31.1. The number of hydrogen-bond donors (Lipinski definition) is 3. The molecule has 0 aliphatic carbocycles. The number of carbonyl (C=O) groups is 1. The second-order valence-corrected chi connectivity index (χ2v) is 6.60. The molecular weight excluding hydrogens is 379 g/mol. The van der Waals surface area contributed by atoms with Gasteiger partial charge < -0.3 is 24.2 Å². The van der Waals surface area contributed by atoms with Gasteiger partial charge in [-0.2, -0.15) is 0 Å². The van der Waals surface area contributed by atoms with E-state index in [1.54, 1.807) is 17.9 Å². The Kier molecular flexibility index (Phi) is 6.69. The minimum Gasteiger partial charge on any atom is -0.448 e. The van der Waals surface area contributed by atoms with E-state index in [2.05, 4.69) is 25.6 Å². The monoisotopic (exact) mass is 400 g/mol. The largest absolute Gasteiger partial charge is 0.448 e. The van der Waals surface area contributed by atoms with Crippen LogP contribution in [0, 0.1) is 0 Å². The zero-order chi connectivity index (χ0) is 19.2. The smallest absolute Gasteiger partial charge is 0.412 e. The van der Waals surface area contributed by atoms with E-state index in [0.717, 1.165) is 0 Å². The number of amides is 1. The first-order chi connectivity index (χ1) is 13.1. The van der Waals surface area contributed by atoms with Gasteiger partial charge in [-0.1, -0.05) is 0 Å². The molecule has 0 bridgehead atoms. The van der Waals surface area contributed by atoms with Crippen molar-refractivity contribution in [3.8, 4) is 0 Å². The summed E-state index contributed by atoms with van der Waals surface area (Å²) in [5, 5.41) is 5.42. The van der Waals surface area contributed by atoms with Crippen molar-refractivity contribution in [1.82, 2.24) is 24.8 Å². The maximum atomic E-state index is 11.8. The molecule has 3 N–H and O–H groups in total. The molecule has 2 aromatic rings. The molecule has 2 aromatic heterocycles. The molecule has 0 spiro atoms. The molecule has 3 heterocycles. The van der Waals surface area contributed by atoms with Crippen molar-refractivity contribution < 1.29 is 28.3 Å². The molecule has 1 aliphatic heterocycles. The van der Waals surface area contributed by atoms with Gasteiger partial charge in [-0.3, -0.25) is 14.4 Å². The number of hydrogen-bond acceptors (Lipinski definition) is 9. The molecule has 27 heavy (non-hydrogen) atoms. The third-order valence-electron chi connectivity index (χ3n) is 3.95. The lowest BCUT2D eigenvalue weighted by atomic mass is 10.2. The van der Waals surface area contributed by atoms with Crippen LogP contribution in [0.2, 0.25) is 0 Å². The number of fused-ring (bicyclic) bond motifs is 1. The van der Waals surface area contributed by atoms with Gasteiger partial charge in [0.1, 0.15) is 19.2 Å². The zero-order valence-electron chi connectivity index (χ0n) is 14.6. The number of ether oxygens (including phenoxy) is 2. The Labute approximate surface area is 155 Å². The summed E-state index contributed by atoms with van der Waals surface area (Å²) in [6.07, 6.45) is 2.97. The minimum absolute atomic E-state index is 0.0532. The summed E-state index contributed by atoms with van der Waals surface area (Å²) >= 11 is 0. The Morgan fingerprint density at radius 1 is 1.44 bits per heavy atom. The third kappa shape index (κ3) is 4.99. The van der Waals surface area contributed by atoms with Crippen LogP contribution < -0.4 is 10.6 Å². The highest BCUT2D eigenvalue weighted by Crippen LogP contribution is 2.32. The van der Waals surface area contributed by atoms with Crippen molar-refractivity contribution in [3.63, 3.8) is 0 Å². The molecule has 3 rings (SSSR count). The number of likely N-dealkylation sites (N-methyl/N-ethyl adjacent to an activating group) is 1. The molecule has 1 saturated heterocycles. The van der Waals surface area contributed by atoms with Crippen LogP contribution >= 0.6 is 8.25 Å². The van der Waals surface area contributed by atoms with Crippen LogP contribution in [0.5, 0.6) is 0 Å². The van der Waals surface area contributed by atoms with Crippen molar-refractivity contribution in [1.29, 1.82) is 0 Å². The fourth-order valence-corrected chi connectivity index (χ4v) is 3.04. The topological polar surface area (TPSA) is 150 Å². The molecular formula is C14H21N6O6P. The van der Waals surface area contributed by atoms with Crippen molar-refractivity contribution in [2.75, 3.05) is 32.1 Å². The van der Waals surface area contributed by atoms with E-state index in [1.165, 1.54) is 6.33 Å². The molecule has 13 heteroatoms. The zero-order valence-corrected chi connectivity index (χ0v) is 15.6. The van der Waals surface area contributed by atoms with Crippen molar-refractivity contribution in [2.24, 2.45) is 0 Å². The number of anilines is 1. The van der Waals surface area contributed by atoms with E-state index in [-0.39, 0.29) is 31.4 Å². The summed E-state index contributed by atoms with van der Waals surface area (Å²) < 4.78 is 28.0. The lowest BCUT2D eigenvalue weighted by molar-refractivity contribution is -0.0162. The first-order valence-electron chi connectivity index (χ1n) is 8.35. The van der Waals surface area contributed by atoms with Gasteiger partial charge >= 0.3 is 14.3 Å². The maximum Gasteiger partial charge on any atom is 0.412 e. The predicted molar refractivity (Wildman–Crippen MR) is 94.5 cm³/mol. The molecule has 1 amide bonds. The number of rotatable bonds is 8. The van der Waals surface area contributed by atoms with Crippen LogP contribution in [0.25, 0.3) is 11.2 Å². The lowest BCUT2D eigenvalue weighted by Gasteiger charge is -2.15. The molecule has 148 valence electrons. The van der Waals surface area contributed by atoms with E-state index >= 15 is 0 Å². The average Bonchev–Trinajstić information content (AvgIpc) is 3.27. The first-order valence-corrected chi connectivity index (χ1v) is 9.62. The number of nitrogens with zero attached hydrogens (tertiary/aromatic N) is 4. The quantitative estimate of drug-likeness (QED) is 0.426. The van der Waals surface area contributed by atoms with Crippen LogP contribution in [0.1, 0.15) is 19.1 Å². The summed E-state index contributed by atoms with van der Waals surface area (Å²) in [5.41, 5.74) is 0.907. The van der Waals surface area contributed by atoms with Gasteiger partial charge in [0.15, 0.2) is 17.0 Å². The Bertz CT molecular complexity index is 816. The van der Waals surface area contributed by atoms with Crippen molar-refractivity contribution in [3.05, 3.63) is 12.7 Å². The number of nitrogens with one attached hydrogen (secondary N) is 2. The SMILES string of the molecule is CNCCOC(=O)Nc1ncnc2c1ncn2[C@H]1CC[C@@H](CO[PH](=O)O)O1. The van der Waals surface area contributed by atoms with E-state index < -0.39 is 14.3 Å². The Morgan fingerprint density at radius 3 is 3.07 bits per heavy atom. The number of aromatic nitrogens is 4. The fraction of sp³-hybridized carbons (Fsp3) is 0.571. The Hall–Kier alpha value is -2.11. The van der Waals surface area contributed by atoms with Crippen LogP contribution in [-0.2, 0) is 18.6 Å². The number of imidazole rings is 1. The Balaban J connectivity index is 1.68. The van der Waals surface area contributed by atoms with Crippen molar-refractivity contribution in [2.45, 2.75) is 25.2 Å². The van der Waals surface area contributed by atoms with Gasteiger partial charge in [0.25, 0.3) is 0 Å². The third-order valence-corrected chi connectivity index (χ3v) is 4.37. The van der Waals surface area contributed by atoms with Crippen LogP contribution in [0.3, 0.4) is 0 Å². The lowest BCUT2D eigenvalue weighted by Crippen LogP contribution is -2.21. The van der Waals surface area contributed by atoms with Gasteiger partial charge in [0.05, 0.1) is 19.0 Å². The molecule has 0 saturated carbocycles. The van der Waals surface area contributed by atoms with Crippen LogP contribution in [-0.4, -0.2) is 63.4 Å². The summed E-state index contributed by atoms with van der Waals surface area (Å²) in [6.45, 7) is 0.818. The van der Waals surface area contributed by atoms with Gasteiger partial charge in [0, 0.05) is 6.54 Å². The van der Waals surface area contributed by atoms with Gasteiger partial charge in [-0.15, -0.1) is 0 Å². The fourth-order valence-electron chi connectivity index (χ4n) is 2.71. The molecule has 12 nitrogen and oxygen atoms in total. The van der Waals surface area contributed by atoms with Crippen LogP contribution in [0.15, 0.2) is 12.7 Å². The summed E-state index contributed by atoms with van der Waals surface area (Å²) in [5.74, 6) is 0.241. The predicted octanol–water partition coefficient (Wildman–Crippen LogP) is 0.670. The average molecular weight is 400 g/mol. The second kappa shape index (κ2) is 9.20. The van der Waals surface area contributed by atoms with Gasteiger partial charge in [-0.25, -0.2) is 19.7 Å². The summed E-state index contributed by atoms with van der Waals surface area (Å²) in [6, 6.07) is 0. The number of carbonyl (C=O) groups excluding carboxylic acids is 1. The maximum absolute atomic E-state index is 11.8. The van der Waals surface area contributed by atoms with E-state index in [0.29, 0.717) is 30.6 Å². The van der Waals surface area contributed by atoms with Crippen molar-refractivity contribution >= 4 is 31.3 Å². The van der Waals surface area contributed by atoms with Gasteiger partial charge in [-0.05, 0) is 19.9 Å². The van der Waals surface area contributed by atoms with E-state index in [9.17, 15) is 9.36 Å². The highest BCUT2D eigenvalue weighted by molar-refractivity contribution is 7.32. The molecule has 1 aliphatic rings. The standard InChI is InChI=1S/C14H21N6O6P/c1-15-4-5-24-14(21)19-12-11-13(17-7-16-12)20(8-18-11)10-3-2-9(26-10)6-25-27(22)23/h7-10,15,27H,2-6H2,1H3,(H,22,23)(H,16,17,19,21)/t9-,10+/m0/s1. The molecule has 1 unspecified atom stereocenters. The first kappa shape index (κ1) is 19.6. The highest BCUT2D eigenvalue weighted by Gasteiger charge is 2.29. The van der Waals surface area contributed by atoms with Crippen LogP contribution in [0.4, 0.5) is 10.6 Å². The molecule has 0 aromatic carbocycles. The second-order valence-electron chi connectivity index (χ2n) is 5.78. The van der Waals surface area contributed by atoms with E-state index in [1.807, 2.05) is 0 Å². The summed E-state index contributed by atoms with van der Waals surface area (Å²) in [4.78, 5) is 33.1. The van der Waals surface area contributed by atoms with E-state index in [4.69, 9.17) is 18.9 Å². The molecule has 1 fully saturated rings. The molecule has 3 atom stereocenters. The minimum atomic E-state index is -2.98.